The molecule has 8 heteroatoms. The second kappa shape index (κ2) is 7.17. The van der Waals surface area contributed by atoms with Gasteiger partial charge in [0.1, 0.15) is 0 Å². The first-order valence-electron chi connectivity index (χ1n) is 9.53. The number of carbonyl (C=O) groups excluding carboxylic acids is 2. The fraction of sp³-hybridized carbons (Fsp3) is 0.0870. The zero-order chi connectivity index (χ0) is 21.5. The van der Waals surface area contributed by atoms with Crippen molar-refractivity contribution < 1.29 is 23.9 Å². The van der Waals surface area contributed by atoms with Crippen molar-refractivity contribution in [2.45, 2.75) is 0 Å². The summed E-state index contributed by atoms with van der Waals surface area (Å²) < 4.78 is 5.71. The Balaban J connectivity index is 1.38. The molecule has 1 aromatic heterocycles. The first kappa shape index (κ1) is 18.7. The summed E-state index contributed by atoms with van der Waals surface area (Å²) in [7, 11) is 0. The molecule has 1 aliphatic heterocycles. The number of aromatic nitrogens is 2. The third-order valence-corrected chi connectivity index (χ3v) is 5.32. The standard InChI is InChI=1S/C23H15N3O5/c27-21-17-3-1-2-4-18(17)22(28)26(21)16-11-9-14(10-12-16)20-25-24-19(31-20)13-5-7-15(8-6-13)23(29)30/h1-12,17-18H,(H,29,30). The van der Waals surface area contributed by atoms with Gasteiger partial charge in [0.05, 0.1) is 23.1 Å². The van der Waals surface area contributed by atoms with Crippen LogP contribution in [0, 0.1) is 11.8 Å². The van der Waals surface area contributed by atoms with Crippen LogP contribution >= 0.6 is 0 Å². The van der Waals surface area contributed by atoms with Crippen molar-refractivity contribution in [2.75, 3.05) is 4.90 Å². The maximum absolute atomic E-state index is 12.7. The lowest BCUT2D eigenvalue weighted by Crippen LogP contribution is -2.30. The zero-order valence-electron chi connectivity index (χ0n) is 16.0. The summed E-state index contributed by atoms with van der Waals surface area (Å²) in [5.41, 5.74) is 1.87. The molecule has 2 heterocycles. The average Bonchev–Trinajstić information content (AvgIpc) is 3.38. The molecule has 0 bridgehead atoms. The minimum Gasteiger partial charge on any atom is -0.478 e. The smallest absolute Gasteiger partial charge is 0.335 e. The molecule has 0 spiro atoms. The number of allylic oxidation sites excluding steroid dienone is 2. The van der Waals surface area contributed by atoms with Crippen LogP contribution in [0.5, 0.6) is 0 Å². The molecular formula is C23H15N3O5. The molecule has 2 aliphatic rings. The molecule has 1 fully saturated rings. The van der Waals surface area contributed by atoms with Crippen LogP contribution in [-0.4, -0.2) is 33.1 Å². The topological polar surface area (TPSA) is 114 Å². The molecule has 1 saturated heterocycles. The lowest BCUT2D eigenvalue weighted by Gasteiger charge is -2.14. The average molecular weight is 413 g/mol. The normalized spacial score (nSPS) is 19.7. The van der Waals surface area contributed by atoms with E-state index in [4.69, 9.17) is 9.52 Å². The fourth-order valence-electron chi connectivity index (χ4n) is 3.71. The van der Waals surface area contributed by atoms with E-state index in [9.17, 15) is 14.4 Å². The van der Waals surface area contributed by atoms with E-state index in [-0.39, 0.29) is 29.2 Å². The van der Waals surface area contributed by atoms with Gasteiger partial charge in [-0.25, -0.2) is 9.69 Å². The Hall–Kier alpha value is -4.33. The molecule has 2 aromatic carbocycles. The van der Waals surface area contributed by atoms with Crippen LogP contribution in [0.4, 0.5) is 5.69 Å². The number of imide groups is 1. The number of anilines is 1. The van der Waals surface area contributed by atoms with Crippen LogP contribution in [0.1, 0.15) is 10.4 Å². The molecule has 5 rings (SSSR count). The van der Waals surface area contributed by atoms with Gasteiger partial charge < -0.3 is 9.52 Å². The molecule has 2 amide bonds. The summed E-state index contributed by atoms with van der Waals surface area (Å²) >= 11 is 0. The molecule has 1 N–H and O–H groups in total. The van der Waals surface area contributed by atoms with Gasteiger partial charge in [0.2, 0.25) is 23.6 Å². The number of carboxylic acids is 1. The van der Waals surface area contributed by atoms with E-state index in [2.05, 4.69) is 10.2 Å². The van der Waals surface area contributed by atoms with E-state index in [0.29, 0.717) is 16.8 Å². The number of hydrogen-bond acceptors (Lipinski definition) is 6. The Morgan fingerprint density at radius 1 is 0.806 bits per heavy atom. The van der Waals surface area contributed by atoms with E-state index in [1.165, 1.54) is 17.0 Å². The summed E-state index contributed by atoms with van der Waals surface area (Å²) in [5.74, 6) is -1.89. The van der Waals surface area contributed by atoms with Gasteiger partial charge in [0, 0.05) is 11.1 Å². The van der Waals surface area contributed by atoms with Gasteiger partial charge in [-0.05, 0) is 48.5 Å². The van der Waals surface area contributed by atoms with Crippen LogP contribution in [0.2, 0.25) is 0 Å². The Kier molecular flexibility index (Phi) is 4.32. The Morgan fingerprint density at radius 2 is 1.29 bits per heavy atom. The number of carboxylic acid groups (broad SMARTS) is 1. The van der Waals surface area contributed by atoms with E-state index >= 15 is 0 Å². The van der Waals surface area contributed by atoms with Gasteiger partial charge in [-0.3, -0.25) is 9.59 Å². The predicted octanol–water partition coefficient (Wildman–Crippen LogP) is 3.33. The number of aromatic carboxylic acids is 1. The molecule has 0 saturated carbocycles. The summed E-state index contributed by atoms with van der Waals surface area (Å²) in [6.45, 7) is 0. The first-order chi connectivity index (χ1) is 15.0. The van der Waals surface area contributed by atoms with E-state index in [0.717, 1.165) is 0 Å². The maximum atomic E-state index is 12.7. The van der Waals surface area contributed by atoms with Gasteiger partial charge >= 0.3 is 5.97 Å². The first-order valence-corrected chi connectivity index (χ1v) is 9.53. The van der Waals surface area contributed by atoms with Crippen LogP contribution in [0.25, 0.3) is 22.9 Å². The molecule has 2 unspecified atom stereocenters. The summed E-state index contributed by atoms with van der Waals surface area (Å²) in [6, 6.07) is 12.9. The summed E-state index contributed by atoms with van der Waals surface area (Å²) in [4.78, 5) is 37.5. The molecule has 0 radical (unpaired) electrons. The highest BCUT2D eigenvalue weighted by molar-refractivity contribution is 6.23. The number of amides is 2. The molecule has 152 valence electrons. The zero-order valence-corrected chi connectivity index (χ0v) is 16.0. The summed E-state index contributed by atoms with van der Waals surface area (Å²) in [5, 5.41) is 17.0. The fourth-order valence-corrected chi connectivity index (χ4v) is 3.71. The minimum atomic E-state index is -1.01. The minimum absolute atomic E-state index is 0.163. The number of benzene rings is 2. The Bertz CT molecular complexity index is 1230. The number of nitrogens with zero attached hydrogens (tertiary/aromatic N) is 3. The van der Waals surface area contributed by atoms with E-state index in [1.54, 1.807) is 60.7 Å². The quantitative estimate of drug-likeness (QED) is 0.653. The van der Waals surface area contributed by atoms with E-state index < -0.39 is 17.8 Å². The van der Waals surface area contributed by atoms with Crippen LogP contribution in [0.15, 0.2) is 77.3 Å². The van der Waals surface area contributed by atoms with Crippen molar-refractivity contribution in [1.82, 2.24) is 10.2 Å². The van der Waals surface area contributed by atoms with Gasteiger partial charge in [-0.2, -0.15) is 0 Å². The van der Waals surface area contributed by atoms with E-state index in [1.807, 2.05) is 0 Å². The maximum Gasteiger partial charge on any atom is 0.335 e. The molecule has 8 nitrogen and oxygen atoms in total. The number of carbonyl (C=O) groups is 3. The second-order valence-electron chi connectivity index (χ2n) is 7.17. The Morgan fingerprint density at radius 3 is 1.77 bits per heavy atom. The van der Waals surface area contributed by atoms with Crippen molar-refractivity contribution in [2.24, 2.45) is 11.8 Å². The monoisotopic (exact) mass is 413 g/mol. The number of fused-ring (bicyclic) bond motifs is 1. The third-order valence-electron chi connectivity index (χ3n) is 5.32. The second-order valence-corrected chi connectivity index (χ2v) is 7.17. The van der Waals surface area contributed by atoms with Crippen molar-refractivity contribution in [1.29, 1.82) is 0 Å². The van der Waals surface area contributed by atoms with Crippen LogP contribution < -0.4 is 4.90 Å². The lowest BCUT2D eigenvalue weighted by molar-refractivity contribution is -0.122. The SMILES string of the molecule is O=C(O)c1ccc(-c2nnc(-c3ccc(N4C(=O)C5C=CC=CC5C4=O)cc3)o2)cc1. The van der Waals surface area contributed by atoms with Gasteiger partial charge in [-0.15, -0.1) is 10.2 Å². The largest absolute Gasteiger partial charge is 0.478 e. The number of rotatable bonds is 4. The predicted molar refractivity (Wildman–Crippen MR) is 110 cm³/mol. The van der Waals surface area contributed by atoms with Gasteiger partial charge in [0.25, 0.3) is 0 Å². The highest BCUT2D eigenvalue weighted by Gasteiger charge is 2.46. The number of hydrogen-bond donors (Lipinski definition) is 1. The molecule has 1 aliphatic carbocycles. The van der Waals surface area contributed by atoms with Crippen LogP contribution in [0.3, 0.4) is 0 Å². The van der Waals surface area contributed by atoms with Crippen LogP contribution in [-0.2, 0) is 9.59 Å². The molecule has 3 aromatic rings. The lowest BCUT2D eigenvalue weighted by atomic mass is 9.91. The van der Waals surface area contributed by atoms with Crippen molar-refractivity contribution >= 4 is 23.5 Å². The summed E-state index contributed by atoms with van der Waals surface area (Å²) in [6.07, 6.45) is 7.06. The van der Waals surface area contributed by atoms with Crippen molar-refractivity contribution in [3.05, 3.63) is 78.4 Å². The molecule has 2 atom stereocenters. The van der Waals surface area contributed by atoms with Gasteiger partial charge in [0.15, 0.2) is 0 Å². The van der Waals surface area contributed by atoms with Crippen molar-refractivity contribution in [3.8, 4) is 22.9 Å². The highest BCUT2D eigenvalue weighted by atomic mass is 16.4. The molecule has 31 heavy (non-hydrogen) atoms. The van der Waals surface area contributed by atoms with Gasteiger partial charge in [-0.1, -0.05) is 24.3 Å². The highest BCUT2D eigenvalue weighted by Crippen LogP contribution is 2.35. The Labute approximate surface area is 176 Å². The third kappa shape index (κ3) is 3.14. The molecular weight excluding hydrogens is 398 g/mol. The van der Waals surface area contributed by atoms with Crippen molar-refractivity contribution in [3.63, 3.8) is 0 Å².